The highest BCUT2D eigenvalue weighted by Crippen LogP contribution is 2.37. The van der Waals surface area contributed by atoms with E-state index in [1.165, 1.54) is 37.7 Å². The van der Waals surface area contributed by atoms with Crippen molar-refractivity contribution in [2.45, 2.75) is 38.0 Å². The SMILES string of the molecule is COCCC1CCC(c2ccc(-c3ccc(Cl)cc3)nc2)CC1. The number of pyridine rings is 1. The first-order chi connectivity index (χ1) is 11.3. The Morgan fingerprint density at radius 2 is 1.78 bits per heavy atom. The first kappa shape index (κ1) is 16.5. The van der Waals surface area contributed by atoms with Crippen molar-refractivity contribution >= 4 is 11.6 Å². The lowest BCUT2D eigenvalue weighted by Crippen LogP contribution is -2.15. The lowest BCUT2D eigenvalue weighted by Gasteiger charge is -2.28. The minimum absolute atomic E-state index is 0.667. The van der Waals surface area contributed by atoms with Crippen LogP contribution in [0.2, 0.25) is 5.02 Å². The van der Waals surface area contributed by atoms with E-state index in [4.69, 9.17) is 16.3 Å². The third kappa shape index (κ3) is 4.33. The largest absolute Gasteiger partial charge is 0.385 e. The molecule has 0 saturated heterocycles. The number of halogens is 1. The number of hydrogen-bond acceptors (Lipinski definition) is 2. The number of nitrogens with zero attached hydrogens (tertiary/aromatic N) is 1. The molecule has 1 aliphatic rings. The first-order valence-electron chi connectivity index (χ1n) is 8.47. The Hall–Kier alpha value is -1.38. The molecule has 0 atom stereocenters. The molecule has 122 valence electrons. The summed E-state index contributed by atoms with van der Waals surface area (Å²) < 4.78 is 5.20. The van der Waals surface area contributed by atoms with Gasteiger partial charge < -0.3 is 4.74 Å². The third-order valence-corrected chi connectivity index (χ3v) is 5.23. The van der Waals surface area contributed by atoms with E-state index in [2.05, 4.69) is 23.3 Å². The molecule has 0 radical (unpaired) electrons. The first-order valence-corrected chi connectivity index (χ1v) is 8.85. The van der Waals surface area contributed by atoms with E-state index >= 15 is 0 Å². The second-order valence-corrected chi connectivity index (χ2v) is 6.92. The van der Waals surface area contributed by atoms with Crippen molar-refractivity contribution < 1.29 is 4.74 Å². The number of rotatable bonds is 5. The number of benzene rings is 1. The van der Waals surface area contributed by atoms with Gasteiger partial charge in [-0.25, -0.2) is 0 Å². The molecular weight excluding hydrogens is 306 g/mol. The van der Waals surface area contributed by atoms with Gasteiger partial charge in [0.25, 0.3) is 0 Å². The molecule has 2 aromatic rings. The molecule has 3 rings (SSSR count). The Morgan fingerprint density at radius 1 is 1.04 bits per heavy atom. The Bertz CT molecular complexity index is 601. The maximum absolute atomic E-state index is 5.94. The van der Waals surface area contributed by atoms with Crippen molar-refractivity contribution in [3.8, 4) is 11.3 Å². The molecule has 23 heavy (non-hydrogen) atoms. The van der Waals surface area contributed by atoms with Crippen LogP contribution in [0.4, 0.5) is 0 Å². The Balaban J connectivity index is 1.61. The van der Waals surface area contributed by atoms with E-state index in [0.717, 1.165) is 28.8 Å². The summed E-state index contributed by atoms with van der Waals surface area (Å²) in [5.74, 6) is 1.51. The molecule has 1 saturated carbocycles. The fourth-order valence-corrected chi connectivity index (χ4v) is 3.63. The molecule has 1 fully saturated rings. The maximum atomic E-state index is 5.94. The lowest BCUT2D eigenvalue weighted by atomic mass is 9.78. The standard InChI is InChI=1S/C20H24ClNO/c1-23-13-12-15-2-4-16(5-3-15)18-8-11-20(22-14-18)17-6-9-19(21)10-7-17/h6-11,14-16H,2-5,12-13H2,1H3. The van der Waals surface area contributed by atoms with Gasteiger partial charge in [-0.1, -0.05) is 29.8 Å². The van der Waals surface area contributed by atoms with Crippen LogP contribution in [0.15, 0.2) is 42.6 Å². The molecule has 1 aliphatic carbocycles. The molecule has 3 heteroatoms. The number of aromatic nitrogens is 1. The lowest BCUT2D eigenvalue weighted by molar-refractivity contribution is 0.163. The highest BCUT2D eigenvalue weighted by atomic mass is 35.5. The molecule has 0 bridgehead atoms. The van der Waals surface area contributed by atoms with Crippen LogP contribution in [0.5, 0.6) is 0 Å². The van der Waals surface area contributed by atoms with E-state index < -0.39 is 0 Å². The highest BCUT2D eigenvalue weighted by Gasteiger charge is 2.22. The van der Waals surface area contributed by atoms with Crippen molar-refractivity contribution in [3.63, 3.8) is 0 Å². The summed E-state index contributed by atoms with van der Waals surface area (Å²) in [4.78, 5) is 4.66. The van der Waals surface area contributed by atoms with Crippen LogP contribution < -0.4 is 0 Å². The van der Waals surface area contributed by atoms with Gasteiger partial charge in [-0.2, -0.15) is 0 Å². The van der Waals surface area contributed by atoms with Gasteiger partial charge in [0.05, 0.1) is 5.69 Å². The average molecular weight is 330 g/mol. The summed E-state index contributed by atoms with van der Waals surface area (Å²) in [6.45, 7) is 0.896. The Morgan fingerprint density at radius 3 is 2.39 bits per heavy atom. The van der Waals surface area contributed by atoms with E-state index in [-0.39, 0.29) is 0 Å². The van der Waals surface area contributed by atoms with Gasteiger partial charge in [-0.3, -0.25) is 4.98 Å². The molecule has 1 aromatic carbocycles. The van der Waals surface area contributed by atoms with Crippen molar-refractivity contribution in [1.29, 1.82) is 0 Å². The summed E-state index contributed by atoms with van der Waals surface area (Å²) in [7, 11) is 1.79. The Kier molecular flexibility index (Phi) is 5.69. The predicted octanol–water partition coefficient (Wildman–Crippen LogP) is 5.71. The van der Waals surface area contributed by atoms with E-state index in [9.17, 15) is 0 Å². The molecule has 0 spiro atoms. The van der Waals surface area contributed by atoms with Crippen molar-refractivity contribution in [1.82, 2.24) is 4.98 Å². The topological polar surface area (TPSA) is 22.1 Å². The van der Waals surface area contributed by atoms with Gasteiger partial charge in [-0.05, 0) is 67.7 Å². The minimum atomic E-state index is 0.667. The van der Waals surface area contributed by atoms with Gasteiger partial charge in [0.15, 0.2) is 0 Å². The van der Waals surface area contributed by atoms with Gasteiger partial charge >= 0.3 is 0 Å². The zero-order valence-electron chi connectivity index (χ0n) is 13.7. The molecule has 0 N–H and O–H groups in total. The average Bonchev–Trinajstić information content (AvgIpc) is 2.61. The molecule has 0 unspecified atom stereocenters. The van der Waals surface area contributed by atoms with Crippen LogP contribution in [0.1, 0.15) is 43.6 Å². The minimum Gasteiger partial charge on any atom is -0.385 e. The summed E-state index contributed by atoms with van der Waals surface area (Å²) in [5.41, 5.74) is 3.51. The predicted molar refractivity (Wildman–Crippen MR) is 95.9 cm³/mol. The second-order valence-electron chi connectivity index (χ2n) is 6.48. The summed E-state index contributed by atoms with van der Waals surface area (Å²) in [6.07, 6.45) is 8.44. The van der Waals surface area contributed by atoms with Crippen LogP contribution in [-0.4, -0.2) is 18.7 Å². The highest BCUT2D eigenvalue weighted by molar-refractivity contribution is 6.30. The van der Waals surface area contributed by atoms with Gasteiger partial charge in [-0.15, -0.1) is 0 Å². The summed E-state index contributed by atoms with van der Waals surface area (Å²) in [6, 6.07) is 12.2. The Labute approximate surface area is 143 Å². The van der Waals surface area contributed by atoms with Crippen LogP contribution in [0.3, 0.4) is 0 Å². The fourth-order valence-electron chi connectivity index (χ4n) is 3.51. The summed E-state index contributed by atoms with van der Waals surface area (Å²) in [5, 5.41) is 0.760. The van der Waals surface area contributed by atoms with Crippen molar-refractivity contribution in [2.75, 3.05) is 13.7 Å². The molecule has 1 aromatic heterocycles. The molecule has 0 aliphatic heterocycles. The van der Waals surface area contributed by atoms with E-state index in [1.807, 2.05) is 24.3 Å². The molecular formula is C20H24ClNO. The molecule has 0 amide bonds. The third-order valence-electron chi connectivity index (χ3n) is 4.97. The van der Waals surface area contributed by atoms with Crippen molar-refractivity contribution in [3.05, 3.63) is 53.2 Å². The normalized spacial score (nSPS) is 21.3. The second kappa shape index (κ2) is 7.94. The van der Waals surface area contributed by atoms with Gasteiger partial charge in [0.1, 0.15) is 0 Å². The maximum Gasteiger partial charge on any atom is 0.0702 e. The smallest absolute Gasteiger partial charge is 0.0702 e. The number of methoxy groups -OCH3 is 1. The van der Waals surface area contributed by atoms with Gasteiger partial charge in [0, 0.05) is 30.5 Å². The number of hydrogen-bond donors (Lipinski definition) is 0. The number of ether oxygens (including phenoxy) is 1. The van der Waals surface area contributed by atoms with Crippen LogP contribution in [0, 0.1) is 5.92 Å². The summed E-state index contributed by atoms with van der Waals surface area (Å²) >= 11 is 5.94. The monoisotopic (exact) mass is 329 g/mol. The fraction of sp³-hybridized carbons (Fsp3) is 0.450. The van der Waals surface area contributed by atoms with Crippen LogP contribution in [0.25, 0.3) is 11.3 Å². The quantitative estimate of drug-likeness (QED) is 0.700. The van der Waals surface area contributed by atoms with Crippen LogP contribution in [-0.2, 0) is 4.74 Å². The van der Waals surface area contributed by atoms with E-state index in [0.29, 0.717) is 5.92 Å². The zero-order valence-corrected chi connectivity index (χ0v) is 14.4. The van der Waals surface area contributed by atoms with Gasteiger partial charge in [0.2, 0.25) is 0 Å². The van der Waals surface area contributed by atoms with Crippen LogP contribution >= 0.6 is 11.6 Å². The van der Waals surface area contributed by atoms with Crippen molar-refractivity contribution in [2.24, 2.45) is 5.92 Å². The van der Waals surface area contributed by atoms with E-state index in [1.54, 1.807) is 7.11 Å². The zero-order chi connectivity index (χ0) is 16.1. The molecule has 1 heterocycles. The molecule has 2 nitrogen and oxygen atoms in total.